The van der Waals surface area contributed by atoms with Gasteiger partial charge in [-0.15, -0.1) is 11.3 Å². The molecule has 0 saturated heterocycles. The second-order valence-electron chi connectivity index (χ2n) is 6.78. The van der Waals surface area contributed by atoms with Crippen LogP contribution in [0.1, 0.15) is 37.1 Å². The van der Waals surface area contributed by atoms with Gasteiger partial charge in [0.05, 0.1) is 26.7 Å². The molecule has 0 bridgehead atoms. The van der Waals surface area contributed by atoms with Crippen molar-refractivity contribution in [2.45, 2.75) is 13.3 Å². The highest BCUT2D eigenvalue weighted by atomic mass is 32.1. The Morgan fingerprint density at radius 3 is 2.37 bits per heavy atom. The number of primary amides is 2. The second kappa shape index (κ2) is 7.64. The number of amides is 2. The first kappa shape index (κ1) is 19.7. The lowest BCUT2D eigenvalue weighted by Crippen LogP contribution is -2.20. The number of thiazole rings is 1. The summed E-state index contributed by atoms with van der Waals surface area (Å²) >= 11 is 1.32. The maximum Gasteiger partial charge on any atom is 0.268 e. The van der Waals surface area contributed by atoms with Crippen molar-refractivity contribution in [3.8, 4) is 10.4 Å². The molecule has 2 aromatic carbocycles. The summed E-state index contributed by atoms with van der Waals surface area (Å²) < 4.78 is 13.2. The summed E-state index contributed by atoms with van der Waals surface area (Å²) in [6, 6.07) is 13.1. The number of aromatic nitrogens is 2. The van der Waals surface area contributed by atoms with Crippen LogP contribution in [0.15, 0.2) is 48.5 Å². The van der Waals surface area contributed by atoms with Crippen LogP contribution in [0.25, 0.3) is 21.3 Å². The zero-order valence-corrected chi connectivity index (χ0v) is 16.8. The minimum Gasteiger partial charge on any atom is -0.366 e. The van der Waals surface area contributed by atoms with Gasteiger partial charge < -0.3 is 11.5 Å². The standard InChI is InChI=1S/C22H17FN4O2S/c1-11-20(30-16(26-11)10-12-6-8-13(23)9-7-12)18-17(21(24)28)14-4-2-3-5-15(14)27-19(18)22(25)29/h2-9H,10H2,1H3,(H2,24,28)(H2,25,29). The lowest BCUT2D eigenvalue weighted by Gasteiger charge is -2.13. The van der Waals surface area contributed by atoms with Gasteiger partial charge in [-0.25, -0.2) is 14.4 Å². The van der Waals surface area contributed by atoms with E-state index in [-0.39, 0.29) is 17.1 Å². The topological polar surface area (TPSA) is 112 Å². The lowest BCUT2D eigenvalue weighted by molar-refractivity contribution is 0.0996. The second-order valence-corrected chi connectivity index (χ2v) is 7.87. The first-order chi connectivity index (χ1) is 14.3. The normalized spacial score (nSPS) is 11.0. The predicted molar refractivity (Wildman–Crippen MR) is 114 cm³/mol. The Labute approximate surface area is 175 Å². The SMILES string of the molecule is Cc1nc(Cc2ccc(F)cc2)sc1-c1c(C(N)=O)nc2ccccc2c1C(N)=O. The van der Waals surface area contributed by atoms with Crippen molar-refractivity contribution in [3.05, 3.63) is 81.9 Å². The van der Waals surface area contributed by atoms with E-state index in [0.717, 1.165) is 10.6 Å². The lowest BCUT2D eigenvalue weighted by atomic mass is 9.97. The molecule has 0 aliphatic carbocycles. The van der Waals surface area contributed by atoms with E-state index in [2.05, 4.69) is 9.97 Å². The molecule has 4 aromatic rings. The Balaban J connectivity index is 1.92. The number of carbonyl (C=O) groups is 2. The Bertz CT molecular complexity index is 1300. The van der Waals surface area contributed by atoms with Crippen LogP contribution in [0.2, 0.25) is 0 Å². The van der Waals surface area contributed by atoms with Crippen molar-refractivity contribution >= 4 is 34.1 Å². The molecule has 4 N–H and O–H groups in total. The number of halogens is 1. The van der Waals surface area contributed by atoms with Gasteiger partial charge in [0, 0.05) is 17.4 Å². The van der Waals surface area contributed by atoms with Gasteiger partial charge in [-0.05, 0) is 30.7 Å². The summed E-state index contributed by atoms with van der Waals surface area (Å²) in [6.07, 6.45) is 0.477. The van der Waals surface area contributed by atoms with Gasteiger partial charge in [0.1, 0.15) is 11.5 Å². The number of fused-ring (bicyclic) bond motifs is 1. The molecular formula is C22H17FN4O2S. The van der Waals surface area contributed by atoms with Gasteiger partial charge in [0.2, 0.25) is 5.91 Å². The molecule has 0 fully saturated rings. The smallest absolute Gasteiger partial charge is 0.268 e. The molecule has 2 heterocycles. The predicted octanol–water partition coefficient (Wildman–Crippen LogP) is 3.59. The van der Waals surface area contributed by atoms with Crippen molar-refractivity contribution in [2.75, 3.05) is 0 Å². The maximum absolute atomic E-state index is 13.2. The minimum absolute atomic E-state index is 0.0254. The van der Waals surface area contributed by atoms with Crippen LogP contribution in [0.3, 0.4) is 0 Å². The largest absolute Gasteiger partial charge is 0.366 e. The number of hydrogen-bond acceptors (Lipinski definition) is 5. The molecule has 0 saturated carbocycles. The van der Waals surface area contributed by atoms with E-state index in [1.165, 1.54) is 23.5 Å². The fraction of sp³-hybridized carbons (Fsp3) is 0.0909. The van der Waals surface area contributed by atoms with E-state index < -0.39 is 11.8 Å². The van der Waals surface area contributed by atoms with Crippen molar-refractivity contribution in [1.82, 2.24) is 9.97 Å². The summed E-state index contributed by atoms with van der Waals surface area (Å²) in [6.45, 7) is 1.78. The minimum atomic E-state index is -0.758. The fourth-order valence-corrected chi connectivity index (χ4v) is 4.56. The molecule has 4 rings (SSSR count). The molecule has 0 spiro atoms. The van der Waals surface area contributed by atoms with Gasteiger partial charge in [-0.3, -0.25) is 9.59 Å². The van der Waals surface area contributed by atoms with Crippen LogP contribution in [0, 0.1) is 12.7 Å². The summed E-state index contributed by atoms with van der Waals surface area (Å²) in [4.78, 5) is 34.2. The van der Waals surface area contributed by atoms with E-state index in [1.54, 1.807) is 43.3 Å². The number of aryl methyl sites for hydroxylation is 1. The van der Waals surface area contributed by atoms with Crippen LogP contribution in [-0.2, 0) is 6.42 Å². The molecular weight excluding hydrogens is 403 g/mol. The Hall–Kier alpha value is -3.65. The van der Waals surface area contributed by atoms with Crippen LogP contribution >= 0.6 is 11.3 Å². The summed E-state index contributed by atoms with van der Waals surface area (Å²) in [5.41, 5.74) is 13.7. The number of nitrogens with zero attached hydrogens (tertiary/aromatic N) is 2. The first-order valence-corrected chi connectivity index (χ1v) is 9.90. The van der Waals surface area contributed by atoms with Gasteiger partial charge >= 0.3 is 0 Å². The average molecular weight is 420 g/mol. The first-order valence-electron chi connectivity index (χ1n) is 9.08. The molecule has 0 unspecified atom stereocenters. The average Bonchev–Trinajstić information content (AvgIpc) is 3.07. The van der Waals surface area contributed by atoms with Crippen molar-refractivity contribution in [2.24, 2.45) is 11.5 Å². The van der Waals surface area contributed by atoms with Crippen LogP contribution in [0.4, 0.5) is 4.39 Å². The zero-order valence-electron chi connectivity index (χ0n) is 16.0. The molecule has 2 amide bonds. The van der Waals surface area contributed by atoms with Gasteiger partial charge in [0.15, 0.2) is 0 Å². The van der Waals surface area contributed by atoms with Crippen molar-refractivity contribution in [1.29, 1.82) is 0 Å². The Kier molecular flexibility index (Phi) is 5.01. The molecule has 8 heteroatoms. The van der Waals surface area contributed by atoms with E-state index >= 15 is 0 Å². The number of para-hydroxylation sites is 1. The van der Waals surface area contributed by atoms with Crippen molar-refractivity contribution < 1.29 is 14.0 Å². The Morgan fingerprint density at radius 1 is 1.00 bits per heavy atom. The molecule has 0 atom stereocenters. The van der Waals surface area contributed by atoms with Crippen LogP contribution < -0.4 is 11.5 Å². The number of rotatable bonds is 5. The third-order valence-electron chi connectivity index (χ3n) is 4.71. The third-order valence-corrected chi connectivity index (χ3v) is 5.88. The number of benzene rings is 2. The summed E-state index contributed by atoms with van der Waals surface area (Å²) in [5, 5.41) is 1.28. The molecule has 30 heavy (non-hydrogen) atoms. The number of hydrogen-bond donors (Lipinski definition) is 2. The highest BCUT2D eigenvalue weighted by molar-refractivity contribution is 7.15. The molecule has 150 valence electrons. The third kappa shape index (κ3) is 3.53. The highest BCUT2D eigenvalue weighted by Gasteiger charge is 2.26. The van der Waals surface area contributed by atoms with E-state index in [4.69, 9.17) is 11.5 Å². The van der Waals surface area contributed by atoms with Gasteiger partial charge in [0.25, 0.3) is 5.91 Å². The van der Waals surface area contributed by atoms with Crippen molar-refractivity contribution in [3.63, 3.8) is 0 Å². The van der Waals surface area contributed by atoms with Crippen LogP contribution in [-0.4, -0.2) is 21.8 Å². The molecule has 0 aliphatic heterocycles. The quantitative estimate of drug-likeness (QED) is 0.514. The zero-order chi connectivity index (χ0) is 21.4. The summed E-state index contributed by atoms with van der Waals surface area (Å²) in [5.74, 6) is -1.75. The molecule has 0 aliphatic rings. The van der Waals surface area contributed by atoms with E-state index in [9.17, 15) is 14.0 Å². The molecule has 2 aromatic heterocycles. The van der Waals surface area contributed by atoms with Crippen LogP contribution in [0.5, 0.6) is 0 Å². The van der Waals surface area contributed by atoms with Gasteiger partial charge in [-0.1, -0.05) is 30.3 Å². The van der Waals surface area contributed by atoms with E-state index in [1.807, 2.05) is 0 Å². The fourth-order valence-electron chi connectivity index (χ4n) is 3.40. The highest BCUT2D eigenvalue weighted by Crippen LogP contribution is 2.38. The van der Waals surface area contributed by atoms with Gasteiger partial charge in [-0.2, -0.15) is 0 Å². The number of pyridine rings is 1. The monoisotopic (exact) mass is 420 g/mol. The maximum atomic E-state index is 13.2. The number of carbonyl (C=O) groups excluding carboxylic acids is 2. The molecule has 6 nitrogen and oxygen atoms in total. The summed E-state index contributed by atoms with van der Waals surface area (Å²) in [7, 11) is 0. The Morgan fingerprint density at radius 2 is 1.70 bits per heavy atom. The molecule has 0 radical (unpaired) electrons. The number of nitrogens with two attached hydrogens (primary N) is 2. The van der Waals surface area contributed by atoms with E-state index in [0.29, 0.717) is 33.5 Å².